The Balaban J connectivity index is 1.38. The average Bonchev–Trinajstić information content (AvgIpc) is 2.63. The van der Waals surface area contributed by atoms with E-state index in [2.05, 4.69) is 10.3 Å². The summed E-state index contributed by atoms with van der Waals surface area (Å²) in [5, 5.41) is 4.28. The van der Waals surface area contributed by atoms with Gasteiger partial charge in [0, 0.05) is 16.8 Å². The fourth-order valence-corrected chi connectivity index (χ4v) is 5.98. The van der Waals surface area contributed by atoms with E-state index in [1.807, 2.05) is 30.3 Å². The van der Waals surface area contributed by atoms with Crippen LogP contribution in [-0.2, 0) is 4.79 Å². The van der Waals surface area contributed by atoms with Gasteiger partial charge in [0.2, 0.25) is 5.91 Å². The van der Waals surface area contributed by atoms with Crippen LogP contribution in [0.25, 0.3) is 10.9 Å². The quantitative estimate of drug-likeness (QED) is 0.893. The fraction of sp³-hybridized carbons (Fsp3) is 0.476. The maximum absolute atomic E-state index is 12.8. The zero-order chi connectivity index (χ0) is 17.9. The molecule has 4 aliphatic rings. The van der Waals surface area contributed by atoms with Crippen LogP contribution in [-0.4, -0.2) is 22.8 Å². The third kappa shape index (κ3) is 2.33. The first-order valence-corrected chi connectivity index (χ1v) is 9.51. The number of nitrogens with one attached hydrogen (secondary N) is 1. The van der Waals surface area contributed by atoms with E-state index in [9.17, 15) is 9.59 Å². The average molecular weight is 349 g/mol. The lowest BCUT2D eigenvalue weighted by Crippen LogP contribution is -2.62. The molecule has 0 aliphatic heterocycles. The minimum atomic E-state index is -0.321. The van der Waals surface area contributed by atoms with Gasteiger partial charge in [-0.15, -0.1) is 0 Å². The van der Waals surface area contributed by atoms with Crippen LogP contribution in [0.5, 0.6) is 0 Å². The van der Waals surface area contributed by atoms with Crippen molar-refractivity contribution in [1.29, 1.82) is 0 Å². The van der Waals surface area contributed by atoms with E-state index in [4.69, 9.17) is 5.73 Å². The molecule has 1 aromatic carbocycles. The van der Waals surface area contributed by atoms with Crippen molar-refractivity contribution in [3.05, 3.63) is 42.1 Å². The standard InChI is InChI=1S/C21H23N3O2/c22-20(26)21-9-12-7-14(10-21)18(15(8-12)11-21)24-19(25)17-6-5-13-3-1-2-4-16(13)23-17/h1-6,12,14-15,18H,7-11H2,(H2,22,26)(H,24,25). The fourth-order valence-electron chi connectivity index (χ4n) is 5.98. The first-order chi connectivity index (χ1) is 12.5. The molecule has 0 saturated heterocycles. The van der Waals surface area contributed by atoms with Gasteiger partial charge in [0.25, 0.3) is 5.91 Å². The van der Waals surface area contributed by atoms with Crippen molar-refractivity contribution in [2.75, 3.05) is 0 Å². The molecule has 2 atom stereocenters. The second-order valence-corrected chi connectivity index (χ2v) is 8.50. The number of primary amides is 1. The number of amides is 2. The summed E-state index contributed by atoms with van der Waals surface area (Å²) in [6.45, 7) is 0. The van der Waals surface area contributed by atoms with Crippen LogP contribution in [0.3, 0.4) is 0 Å². The van der Waals surface area contributed by atoms with E-state index in [0.29, 0.717) is 23.4 Å². The van der Waals surface area contributed by atoms with E-state index < -0.39 is 0 Å². The van der Waals surface area contributed by atoms with Crippen LogP contribution >= 0.6 is 0 Å². The van der Waals surface area contributed by atoms with Crippen molar-refractivity contribution < 1.29 is 9.59 Å². The van der Waals surface area contributed by atoms with E-state index in [-0.39, 0.29) is 23.3 Å². The predicted octanol–water partition coefficient (Wildman–Crippen LogP) is 2.64. The molecule has 1 heterocycles. The second-order valence-electron chi connectivity index (χ2n) is 8.50. The van der Waals surface area contributed by atoms with Crippen LogP contribution in [0.2, 0.25) is 0 Å². The minimum absolute atomic E-state index is 0.110. The van der Waals surface area contributed by atoms with Crippen molar-refractivity contribution in [3.63, 3.8) is 0 Å². The number of aromatic nitrogens is 1. The molecule has 134 valence electrons. The molecule has 6 rings (SSSR count). The molecule has 0 radical (unpaired) electrons. The summed E-state index contributed by atoms with van der Waals surface area (Å²) in [4.78, 5) is 29.4. The van der Waals surface area contributed by atoms with Crippen molar-refractivity contribution in [2.24, 2.45) is 28.9 Å². The van der Waals surface area contributed by atoms with E-state index in [0.717, 1.165) is 43.0 Å². The van der Waals surface area contributed by atoms with Crippen molar-refractivity contribution in [2.45, 2.75) is 38.1 Å². The summed E-state index contributed by atoms with van der Waals surface area (Å²) in [7, 11) is 0. The third-order valence-corrected chi connectivity index (χ3v) is 6.92. The first-order valence-electron chi connectivity index (χ1n) is 9.51. The smallest absolute Gasteiger partial charge is 0.270 e. The summed E-state index contributed by atoms with van der Waals surface area (Å²) in [5.41, 5.74) is 6.72. The van der Waals surface area contributed by atoms with Crippen LogP contribution in [0.4, 0.5) is 0 Å². The van der Waals surface area contributed by atoms with Crippen LogP contribution < -0.4 is 11.1 Å². The van der Waals surface area contributed by atoms with Crippen LogP contribution in [0.15, 0.2) is 36.4 Å². The molecule has 3 N–H and O–H groups in total. The number of nitrogens with two attached hydrogens (primary N) is 1. The highest BCUT2D eigenvalue weighted by Crippen LogP contribution is 2.59. The van der Waals surface area contributed by atoms with E-state index >= 15 is 0 Å². The topological polar surface area (TPSA) is 85.1 Å². The highest BCUT2D eigenvalue weighted by Gasteiger charge is 2.58. The predicted molar refractivity (Wildman–Crippen MR) is 98.2 cm³/mol. The number of fused-ring (bicyclic) bond motifs is 1. The summed E-state index contributed by atoms with van der Waals surface area (Å²) in [5.74, 6) is 1.06. The number of carbonyl (C=O) groups is 2. The van der Waals surface area contributed by atoms with Gasteiger partial charge in [-0.05, 0) is 62.0 Å². The van der Waals surface area contributed by atoms with Crippen LogP contribution in [0.1, 0.15) is 42.6 Å². The normalized spacial score (nSPS) is 34.8. The Morgan fingerprint density at radius 3 is 2.50 bits per heavy atom. The number of hydrogen-bond donors (Lipinski definition) is 2. The highest BCUT2D eigenvalue weighted by molar-refractivity contribution is 5.95. The van der Waals surface area contributed by atoms with Gasteiger partial charge >= 0.3 is 0 Å². The Hall–Kier alpha value is -2.43. The zero-order valence-corrected chi connectivity index (χ0v) is 14.7. The SMILES string of the molecule is NC(=O)C12CC3CC(C1)C(NC(=O)c1ccc4ccccc4n1)C(C3)C2. The van der Waals surface area contributed by atoms with Crippen molar-refractivity contribution in [1.82, 2.24) is 10.3 Å². The lowest BCUT2D eigenvalue weighted by atomic mass is 9.47. The van der Waals surface area contributed by atoms with Gasteiger partial charge in [-0.3, -0.25) is 9.59 Å². The number of nitrogens with zero attached hydrogens (tertiary/aromatic N) is 1. The Morgan fingerprint density at radius 1 is 1.04 bits per heavy atom. The molecule has 0 spiro atoms. The molecule has 2 amide bonds. The summed E-state index contributed by atoms with van der Waals surface area (Å²) in [6.07, 6.45) is 4.79. The van der Waals surface area contributed by atoms with Crippen molar-refractivity contribution >= 4 is 22.7 Å². The molecule has 2 aromatic rings. The molecule has 1 aromatic heterocycles. The third-order valence-electron chi connectivity index (χ3n) is 6.92. The van der Waals surface area contributed by atoms with E-state index in [1.165, 1.54) is 0 Å². The zero-order valence-electron chi connectivity index (χ0n) is 14.7. The Morgan fingerprint density at radius 2 is 1.77 bits per heavy atom. The number of pyridine rings is 1. The molecule has 5 nitrogen and oxygen atoms in total. The number of rotatable bonds is 3. The molecule has 26 heavy (non-hydrogen) atoms. The van der Waals surface area contributed by atoms with Gasteiger partial charge in [-0.25, -0.2) is 4.98 Å². The largest absolute Gasteiger partial charge is 0.369 e. The Labute approximate surface area is 152 Å². The van der Waals surface area contributed by atoms with Gasteiger partial charge in [-0.2, -0.15) is 0 Å². The van der Waals surface area contributed by atoms with Crippen LogP contribution in [0, 0.1) is 23.2 Å². The van der Waals surface area contributed by atoms with Gasteiger partial charge in [0.15, 0.2) is 0 Å². The Bertz CT molecular complexity index is 893. The summed E-state index contributed by atoms with van der Waals surface area (Å²) in [6, 6.07) is 11.7. The van der Waals surface area contributed by atoms with Gasteiger partial charge in [0.1, 0.15) is 5.69 Å². The number of benzene rings is 1. The molecule has 2 unspecified atom stereocenters. The minimum Gasteiger partial charge on any atom is -0.369 e. The maximum Gasteiger partial charge on any atom is 0.270 e. The second kappa shape index (κ2) is 5.53. The summed E-state index contributed by atoms with van der Waals surface area (Å²) >= 11 is 0. The molecule has 4 fully saturated rings. The molecule has 4 saturated carbocycles. The molecular weight excluding hydrogens is 326 g/mol. The number of hydrogen-bond acceptors (Lipinski definition) is 3. The van der Waals surface area contributed by atoms with Crippen molar-refractivity contribution in [3.8, 4) is 0 Å². The molecular formula is C21H23N3O2. The monoisotopic (exact) mass is 349 g/mol. The number of para-hydroxylation sites is 1. The lowest BCUT2D eigenvalue weighted by Gasteiger charge is -2.58. The summed E-state index contributed by atoms with van der Waals surface area (Å²) < 4.78 is 0. The van der Waals surface area contributed by atoms with Gasteiger partial charge in [-0.1, -0.05) is 24.3 Å². The first kappa shape index (κ1) is 15.8. The van der Waals surface area contributed by atoms with Gasteiger partial charge in [0.05, 0.1) is 5.52 Å². The lowest BCUT2D eigenvalue weighted by molar-refractivity contribution is -0.145. The molecule has 4 bridgehead atoms. The van der Waals surface area contributed by atoms with E-state index in [1.54, 1.807) is 6.07 Å². The molecule has 5 heteroatoms. The highest BCUT2D eigenvalue weighted by atomic mass is 16.2. The van der Waals surface area contributed by atoms with Gasteiger partial charge < -0.3 is 11.1 Å². The molecule has 4 aliphatic carbocycles. The Kier molecular flexibility index (Phi) is 3.36. The maximum atomic E-state index is 12.8. The number of carbonyl (C=O) groups excluding carboxylic acids is 2.